The molecular formula is C24H31N3O4. The second-order valence-electron chi connectivity index (χ2n) is 7.90. The first-order valence-corrected chi connectivity index (χ1v) is 10.8. The van der Waals surface area contributed by atoms with Crippen molar-refractivity contribution in [3.63, 3.8) is 0 Å². The van der Waals surface area contributed by atoms with Crippen LogP contribution in [0.4, 0.5) is 0 Å². The van der Waals surface area contributed by atoms with E-state index in [2.05, 4.69) is 0 Å². The van der Waals surface area contributed by atoms with Gasteiger partial charge >= 0.3 is 5.97 Å². The average molecular weight is 426 g/mol. The van der Waals surface area contributed by atoms with Crippen molar-refractivity contribution in [2.24, 2.45) is 7.05 Å². The second-order valence-corrected chi connectivity index (χ2v) is 7.90. The number of carbonyl (C=O) groups excluding carboxylic acids is 3. The molecule has 0 radical (unpaired) electrons. The maximum atomic E-state index is 13.3. The molecule has 0 saturated heterocycles. The number of benzene rings is 1. The molecule has 31 heavy (non-hydrogen) atoms. The third-order valence-electron chi connectivity index (χ3n) is 5.44. The molecule has 2 aromatic rings. The van der Waals surface area contributed by atoms with Gasteiger partial charge in [0.1, 0.15) is 6.54 Å². The summed E-state index contributed by atoms with van der Waals surface area (Å²) < 4.78 is 6.91. The van der Waals surface area contributed by atoms with Gasteiger partial charge in [-0.3, -0.25) is 14.4 Å². The zero-order chi connectivity index (χ0) is 22.2. The molecule has 0 bridgehead atoms. The standard InChI is InChI=1S/C24H31N3O4/c1-3-31-24(30)14-13-22(28)27(20-11-12-20)18-23(29)26(16-19-8-5-4-6-9-19)17-21-10-7-15-25(21)2/h4-10,15,20H,3,11-14,16-18H2,1-2H3. The van der Waals surface area contributed by atoms with Crippen LogP contribution in [0.5, 0.6) is 0 Å². The molecular weight excluding hydrogens is 394 g/mol. The van der Waals surface area contributed by atoms with E-state index >= 15 is 0 Å². The summed E-state index contributed by atoms with van der Waals surface area (Å²) >= 11 is 0. The largest absolute Gasteiger partial charge is 0.466 e. The highest BCUT2D eigenvalue weighted by atomic mass is 16.5. The molecule has 1 fully saturated rings. The lowest BCUT2D eigenvalue weighted by Crippen LogP contribution is -2.43. The van der Waals surface area contributed by atoms with Crippen LogP contribution >= 0.6 is 0 Å². The van der Waals surface area contributed by atoms with Crippen LogP contribution in [-0.2, 0) is 39.3 Å². The summed E-state index contributed by atoms with van der Waals surface area (Å²) in [5.74, 6) is -0.642. The molecule has 0 N–H and O–H groups in total. The summed E-state index contributed by atoms with van der Waals surface area (Å²) in [4.78, 5) is 41.1. The van der Waals surface area contributed by atoms with Crippen LogP contribution in [0.3, 0.4) is 0 Å². The molecule has 7 nitrogen and oxygen atoms in total. The van der Waals surface area contributed by atoms with Crippen LogP contribution < -0.4 is 0 Å². The summed E-state index contributed by atoms with van der Waals surface area (Å²) in [6, 6.07) is 13.9. The van der Waals surface area contributed by atoms with E-state index in [1.807, 2.05) is 60.3 Å². The van der Waals surface area contributed by atoms with Gasteiger partial charge in [-0.2, -0.15) is 0 Å². The maximum Gasteiger partial charge on any atom is 0.306 e. The fourth-order valence-corrected chi connectivity index (χ4v) is 3.53. The van der Waals surface area contributed by atoms with Gasteiger partial charge in [-0.15, -0.1) is 0 Å². The highest BCUT2D eigenvalue weighted by Gasteiger charge is 2.34. The van der Waals surface area contributed by atoms with Crippen molar-refractivity contribution in [3.8, 4) is 0 Å². The van der Waals surface area contributed by atoms with Crippen molar-refractivity contribution < 1.29 is 19.1 Å². The molecule has 1 aromatic heterocycles. The lowest BCUT2D eigenvalue weighted by atomic mass is 10.2. The number of carbonyl (C=O) groups is 3. The molecule has 7 heteroatoms. The molecule has 1 aliphatic rings. The lowest BCUT2D eigenvalue weighted by molar-refractivity contribution is -0.146. The Kier molecular flexibility index (Phi) is 7.87. The normalized spacial score (nSPS) is 13.0. The van der Waals surface area contributed by atoms with Crippen LogP contribution in [0.2, 0.25) is 0 Å². The number of ether oxygens (including phenoxy) is 1. The van der Waals surface area contributed by atoms with Crippen LogP contribution in [-0.4, -0.2) is 51.3 Å². The third-order valence-corrected chi connectivity index (χ3v) is 5.44. The summed E-state index contributed by atoms with van der Waals surface area (Å²) in [7, 11) is 1.95. The van der Waals surface area contributed by atoms with Gasteiger partial charge in [0, 0.05) is 37.9 Å². The number of rotatable bonds is 11. The number of hydrogen-bond acceptors (Lipinski definition) is 4. The number of esters is 1. The molecule has 1 aliphatic carbocycles. The van der Waals surface area contributed by atoms with E-state index in [-0.39, 0.29) is 43.2 Å². The summed E-state index contributed by atoms with van der Waals surface area (Å²) in [6.45, 7) is 3.01. The van der Waals surface area contributed by atoms with Crippen LogP contribution in [0, 0.1) is 0 Å². The van der Waals surface area contributed by atoms with Crippen LogP contribution in [0.15, 0.2) is 48.7 Å². The predicted molar refractivity (Wildman–Crippen MR) is 117 cm³/mol. The monoisotopic (exact) mass is 425 g/mol. The van der Waals surface area contributed by atoms with E-state index in [9.17, 15) is 14.4 Å². The van der Waals surface area contributed by atoms with Gasteiger partial charge in [0.15, 0.2) is 0 Å². The van der Waals surface area contributed by atoms with Gasteiger partial charge in [-0.25, -0.2) is 0 Å². The topological polar surface area (TPSA) is 71.8 Å². The van der Waals surface area contributed by atoms with Gasteiger partial charge in [-0.1, -0.05) is 30.3 Å². The Bertz CT molecular complexity index is 889. The fraction of sp³-hybridized carbons (Fsp3) is 0.458. The summed E-state index contributed by atoms with van der Waals surface area (Å²) in [5, 5.41) is 0. The van der Waals surface area contributed by atoms with E-state index < -0.39 is 0 Å². The number of nitrogens with zero attached hydrogens (tertiary/aromatic N) is 3. The highest BCUT2D eigenvalue weighted by Crippen LogP contribution is 2.28. The molecule has 3 rings (SSSR count). The van der Waals surface area contributed by atoms with Gasteiger partial charge in [0.05, 0.1) is 19.6 Å². The Morgan fingerprint density at radius 3 is 2.35 bits per heavy atom. The lowest BCUT2D eigenvalue weighted by Gasteiger charge is -2.28. The quantitative estimate of drug-likeness (QED) is 0.519. The Morgan fingerprint density at radius 2 is 1.74 bits per heavy atom. The first-order valence-electron chi connectivity index (χ1n) is 10.8. The van der Waals surface area contributed by atoms with E-state index in [1.54, 1.807) is 16.7 Å². The molecule has 0 spiro atoms. The minimum Gasteiger partial charge on any atom is -0.466 e. The van der Waals surface area contributed by atoms with Gasteiger partial charge in [0.2, 0.25) is 11.8 Å². The molecule has 1 aromatic carbocycles. The zero-order valence-electron chi connectivity index (χ0n) is 18.3. The molecule has 2 amide bonds. The maximum absolute atomic E-state index is 13.3. The van der Waals surface area contributed by atoms with Crippen molar-refractivity contribution >= 4 is 17.8 Å². The fourth-order valence-electron chi connectivity index (χ4n) is 3.53. The van der Waals surface area contributed by atoms with Gasteiger partial charge in [0.25, 0.3) is 0 Å². The van der Waals surface area contributed by atoms with Gasteiger partial charge < -0.3 is 19.1 Å². The molecule has 0 atom stereocenters. The van der Waals surface area contributed by atoms with Crippen molar-refractivity contribution in [2.75, 3.05) is 13.2 Å². The summed E-state index contributed by atoms with van der Waals surface area (Å²) in [5.41, 5.74) is 2.06. The highest BCUT2D eigenvalue weighted by molar-refractivity contribution is 5.87. The van der Waals surface area contributed by atoms with Gasteiger partial charge in [-0.05, 0) is 37.5 Å². The third kappa shape index (κ3) is 6.70. The number of amides is 2. The Balaban J connectivity index is 1.68. The average Bonchev–Trinajstić information content (AvgIpc) is 3.53. The van der Waals surface area contributed by atoms with E-state index in [4.69, 9.17) is 4.74 Å². The first-order chi connectivity index (χ1) is 15.0. The smallest absolute Gasteiger partial charge is 0.306 e. The minimum absolute atomic E-state index is 0.0313. The van der Waals surface area contributed by atoms with E-state index in [1.165, 1.54) is 0 Å². The summed E-state index contributed by atoms with van der Waals surface area (Å²) in [6.07, 6.45) is 3.86. The first kappa shape index (κ1) is 22.6. The van der Waals surface area contributed by atoms with E-state index in [0.29, 0.717) is 19.7 Å². The van der Waals surface area contributed by atoms with Crippen LogP contribution in [0.1, 0.15) is 43.9 Å². The Hall–Kier alpha value is -3.09. The van der Waals surface area contributed by atoms with Crippen molar-refractivity contribution in [1.29, 1.82) is 0 Å². The molecule has 166 valence electrons. The zero-order valence-corrected chi connectivity index (χ0v) is 18.3. The SMILES string of the molecule is CCOC(=O)CCC(=O)N(CC(=O)N(Cc1ccccc1)Cc1cccn1C)C1CC1. The molecule has 1 saturated carbocycles. The molecule has 0 unspecified atom stereocenters. The Labute approximate surface area is 183 Å². The minimum atomic E-state index is -0.382. The van der Waals surface area contributed by atoms with Crippen molar-refractivity contribution in [1.82, 2.24) is 14.4 Å². The van der Waals surface area contributed by atoms with E-state index in [0.717, 1.165) is 24.1 Å². The second kappa shape index (κ2) is 10.8. The number of aryl methyl sites for hydroxylation is 1. The molecule has 1 heterocycles. The van der Waals surface area contributed by atoms with Crippen molar-refractivity contribution in [3.05, 3.63) is 59.9 Å². The van der Waals surface area contributed by atoms with Crippen molar-refractivity contribution in [2.45, 2.75) is 51.7 Å². The predicted octanol–water partition coefficient (Wildman–Crippen LogP) is 2.89. The van der Waals surface area contributed by atoms with Crippen LogP contribution in [0.25, 0.3) is 0 Å². The number of hydrogen-bond donors (Lipinski definition) is 0. The molecule has 0 aliphatic heterocycles. The number of aromatic nitrogens is 1. The Morgan fingerprint density at radius 1 is 1.00 bits per heavy atom.